The van der Waals surface area contributed by atoms with E-state index in [-0.39, 0.29) is 5.76 Å². The lowest BCUT2D eigenvalue weighted by molar-refractivity contribution is 0.184. The van der Waals surface area contributed by atoms with Crippen LogP contribution in [0, 0.1) is 23.2 Å². The van der Waals surface area contributed by atoms with Gasteiger partial charge in [-0.15, -0.1) is 0 Å². The number of aliphatic hydroxyl groups excluding tert-OH is 1. The largest absolute Gasteiger partial charge is 0.510 e. The predicted octanol–water partition coefficient (Wildman–Crippen LogP) is 3.95. The van der Waals surface area contributed by atoms with Crippen LogP contribution in [0.3, 0.4) is 0 Å². The molecule has 3 N–H and O–H groups in total. The van der Waals surface area contributed by atoms with Crippen molar-refractivity contribution in [2.75, 3.05) is 6.54 Å². The Kier molecular flexibility index (Phi) is 3.21. The molecule has 3 aliphatic rings. The second kappa shape index (κ2) is 5.35. The first kappa shape index (κ1) is 15.0. The number of benzene rings is 1. The normalized spacial score (nSPS) is 30.0. The van der Waals surface area contributed by atoms with Crippen LogP contribution in [-0.2, 0) is 0 Å². The Morgan fingerprint density at radius 3 is 2.84 bits per heavy atom. The molecule has 0 unspecified atom stereocenters. The molecule has 2 heterocycles. The summed E-state index contributed by atoms with van der Waals surface area (Å²) < 4.78 is 0. The van der Waals surface area contributed by atoms with Crippen molar-refractivity contribution in [3.8, 4) is 0 Å². The average Bonchev–Trinajstić information content (AvgIpc) is 3.36. The number of aromatic amines is 1. The Morgan fingerprint density at radius 1 is 1.28 bits per heavy atom. The quantitative estimate of drug-likeness (QED) is 0.794. The number of nitrogens with zero attached hydrogens (tertiary/aromatic N) is 2. The van der Waals surface area contributed by atoms with E-state index in [0.717, 1.165) is 22.9 Å². The van der Waals surface area contributed by atoms with E-state index in [9.17, 15) is 5.11 Å². The molecule has 2 fully saturated rings. The van der Waals surface area contributed by atoms with Gasteiger partial charge in [0.1, 0.15) is 17.4 Å². The van der Waals surface area contributed by atoms with E-state index >= 15 is 0 Å². The molecule has 5 nitrogen and oxygen atoms in total. The third-order valence-corrected chi connectivity index (χ3v) is 6.66. The first-order chi connectivity index (χ1) is 12.1. The number of imidazole rings is 1. The summed E-state index contributed by atoms with van der Waals surface area (Å²) in [5.41, 5.74) is 2.36. The van der Waals surface area contributed by atoms with Gasteiger partial charge in [0.25, 0.3) is 0 Å². The van der Waals surface area contributed by atoms with Crippen molar-refractivity contribution in [1.29, 1.82) is 5.41 Å². The zero-order chi connectivity index (χ0) is 17.1. The van der Waals surface area contributed by atoms with Crippen molar-refractivity contribution in [3.63, 3.8) is 0 Å². The lowest BCUT2D eigenvalue weighted by Gasteiger charge is -2.35. The third-order valence-electron chi connectivity index (χ3n) is 6.66. The van der Waals surface area contributed by atoms with E-state index < -0.39 is 0 Å². The van der Waals surface area contributed by atoms with E-state index in [4.69, 9.17) is 5.41 Å². The smallest absolute Gasteiger partial charge is 0.145 e. The van der Waals surface area contributed by atoms with Gasteiger partial charge in [-0.2, -0.15) is 0 Å². The number of nitrogens with one attached hydrogen (secondary N) is 2. The number of H-pyrrole nitrogens is 1. The van der Waals surface area contributed by atoms with E-state index in [2.05, 4.69) is 21.8 Å². The Labute approximate surface area is 147 Å². The number of aromatic nitrogens is 2. The summed E-state index contributed by atoms with van der Waals surface area (Å²) in [6, 6.07) is 8.12. The summed E-state index contributed by atoms with van der Waals surface area (Å²) in [5, 5.41) is 19.3. The topological polar surface area (TPSA) is 76.0 Å². The van der Waals surface area contributed by atoms with Crippen molar-refractivity contribution in [1.82, 2.24) is 14.9 Å². The average molecular weight is 336 g/mol. The van der Waals surface area contributed by atoms with Crippen molar-refractivity contribution >= 4 is 22.4 Å². The van der Waals surface area contributed by atoms with E-state index in [1.54, 1.807) is 0 Å². The SMILES string of the molecule is C[C@@H]([C@@H]1C[C@H]2CC[C@H]1C2)N1CC(O)=C(c2nc3ccccc3[nH]2)C1=N. The molecular weight excluding hydrogens is 312 g/mol. The summed E-state index contributed by atoms with van der Waals surface area (Å²) in [4.78, 5) is 9.91. The van der Waals surface area contributed by atoms with Crippen LogP contribution in [0.15, 0.2) is 30.0 Å². The van der Waals surface area contributed by atoms with Crippen LogP contribution in [0.5, 0.6) is 0 Å². The zero-order valence-electron chi connectivity index (χ0n) is 14.5. The fourth-order valence-corrected chi connectivity index (χ4v) is 5.38. The lowest BCUT2D eigenvalue weighted by atomic mass is 9.83. The standard InChI is InChI=1S/C20H24N4O/c1-11(14-9-12-6-7-13(14)8-12)24-10-17(25)18(19(24)21)20-22-15-4-2-3-5-16(15)23-20/h2-5,11-14,21,25H,6-10H2,1H3,(H,22,23)/t11-,12-,13-,14-/m0/s1. The van der Waals surface area contributed by atoms with Gasteiger partial charge in [0.2, 0.25) is 0 Å². The second-order valence-electron chi connectivity index (χ2n) is 7.98. The molecule has 5 heteroatoms. The molecule has 130 valence electrons. The minimum absolute atomic E-state index is 0.263. The van der Waals surface area contributed by atoms with Crippen LogP contribution >= 0.6 is 0 Å². The fourth-order valence-electron chi connectivity index (χ4n) is 5.38. The molecule has 0 radical (unpaired) electrons. The minimum Gasteiger partial charge on any atom is -0.510 e. The second-order valence-corrected chi connectivity index (χ2v) is 7.98. The summed E-state index contributed by atoms with van der Waals surface area (Å²) in [6.07, 6.45) is 5.39. The number of aliphatic hydroxyl groups is 1. The lowest BCUT2D eigenvalue weighted by Crippen LogP contribution is -2.42. The summed E-state index contributed by atoms with van der Waals surface area (Å²) in [6.45, 7) is 2.66. The number of hydrogen-bond acceptors (Lipinski definition) is 3. The first-order valence-corrected chi connectivity index (χ1v) is 9.34. The number of fused-ring (bicyclic) bond motifs is 3. The molecule has 1 aromatic heterocycles. The maximum absolute atomic E-state index is 10.6. The molecule has 0 saturated heterocycles. The fraction of sp³-hybridized carbons (Fsp3) is 0.500. The van der Waals surface area contributed by atoms with E-state index in [1.165, 1.54) is 25.7 Å². The monoisotopic (exact) mass is 336 g/mol. The van der Waals surface area contributed by atoms with Crippen molar-refractivity contribution < 1.29 is 5.11 Å². The van der Waals surface area contributed by atoms with Gasteiger partial charge in [0.15, 0.2) is 0 Å². The molecule has 2 aromatic rings. The molecule has 2 bridgehead atoms. The molecule has 25 heavy (non-hydrogen) atoms. The number of hydrogen-bond donors (Lipinski definition) is 3. The Bertz CT molecular complexity index is 850. The van der Waals surface area contributed by atoms with Gasteiger partial charge < -0.3 is 15.0 Å². The first-order valence-electron chi connectivity index (χ1n) is 9.34. The van der Waals surface area contributed by atoms with Gasteiger partial charge in [-0.05, 0) is 56.1 Å². The highest BCUT2D eigenvalue weighted by Gasteiger charge is 2.45. The highest BCUT2D eigenvalue weighted by Crippen LogP contribution is 2.50. The van der Waals surface area contributed by atoms with Gasteiger partial charge >= 0.3 is 0 Å². The minimum atomic E-state index is 0.263. The third kappa shape index (κ3) is 2.21. The highest BCUT2D eigenvalue weighted by atomic mass is 16.3. The molecule has 4 atom stereocenters. The van der Waals surface area contributed by atoms with E-state index in [0.29, 0.717) is 35.7 Å². The van der Waals surface area contributed by atoms with Crippen LogP contribution in [-0.4, -0.2) is 38.4 Å². The van der Waals surface area contributed by atoms with Gasteiger partial charge in [0.05, 0.1) is 23.2 Å². The molecule has 0 amide bonds. The molecule has 5 rings (SSSR count). The van der Waals surface area contributed by atoms with Gasteiger partial charge in [0, 0.05) is 6.04 Å². The van der Waals surface area contributed by atoms with Gasteiger partial charge in [-0.25, -0.2) is 4.98 Å². The number of rotatable bonds is 3. The van der Waals surface area contributed by atoms with E-state index in [1.807, 2.05) is 24.3 Å². The Morgan fingerprint density at radius 2 is 2.12 bits per heavy atom. The van der Waals surface area contributed by atoms with Gasteiger partial charge in [-0.1, -0.05) is 18.6 Å². The molecule has 1 aromatic carbocycles. The summed E-state index contributed by atoms with van der Waals surface area (Å²) in [5.74, 6) is 3.63. The number of amidine groups is 1. The maximum atomic E-state index is 10.6. The summed E-state index contributed by atoms with van der Waals surface area (Å²) in [7, 11) is 0. The Balaban J connectivity index is 1.42. The molecule has 0 spiro atoms. The highest BCUT2D eigenvalue weighted by molar-refractivity contribution is 6.23. The maximum Gasteiger partial charge on any atom is 0.145 e. The van der Waals surface area contributed by atoms with Crippen molar-refractivity contribution in [2.24, 2.45) is 17.8 Å². The Hall–Kier alpha value is -2.30. The summed E-state index contributed by atoms with van der Waals surface area (Å²) >= 11 is 0. The van der Waals surface area contributed by atoms with Gasteiger partial charge in [-0.3, -0.25) is 5.41 Å². The van der Waals surface area contributed by atoms with Crippen LogP contribution < -0.4 is 0 Å². The molecular formula is C20H24N4O. The van der Waals surface area contributed by atoms with Crippen LogP contribution in [0.2, 0.25) is 0 Å². The van der Waals surface area contributed by atoms with Crippen molar-refractivity contribution in [3.05, 3.63) is 35.8 Å². The van der Waals surface area contributed by atoms with Crippen LogP contribution in [0.4, 0.5) is 0 Å². The molecule has 2 saturated carbocycles. The van der Waals surface area contributed by atoms with Crippen LogP contribution in [0.1, 0.15) is 38.4 Å². The number of para-hydroxylation sites is 2. The molecule has 1 aliphatic heterocycles. The molecule has 2 aliphatic carbocycles. The van der Waals surface area contributed by atoms with Crippen molar-refractivity contribution in [2.45, 2.75) is 38.6 Å². The van der Waals surface area contributed by atoms with Crippen LogP contribution in [0.25, 0.3) is 16.6 Å². The predicted molar refractivity (Wildman–Crippen MR) is 98.5 cm³/mol. The zero-order valence-corrected chi connectivity index (χ0v) is 14.5.